The van der Waals surface area contributed by atoms with Crippen LogP contribution in [0, 0.1) is 0 Å². The van der Waals surface area contributed by atoms with Gasteiger partial charge in [-0.1, -0.05) is 61.8 Å². The van der Waals surface area contributed by atoms with Crippen LogP contribution in [0.5, 0.6) is 5.75 Å². The number of hydrazone groups is 1. The van der Waals surface area contributed by atoms with E-state index in [1.165, 1.54) is 16.9 Å². The molecule has 40 heavy (non-hydrogen) atoms. The van der Waals surface area contributed by atoms with E-state index >= 15 is 0 Å². The summed E-state index contributed by atoms with van der Waals surface area (Å²) in [6.07, 6.45) is 2.07. The lowest BCUT2D eigenvalue weighted by molar-refractivity contribution is 0.227. The Bertz CT molecular complexity index is 1540. The van der Waals surface area contributed by atoms with Crippen LogP contribution >= 0.6 is 19.0 Å². The molecule has 1 atom stereocenters. The molecular formula is C31H36ClN6OP. The third-order valence-corrected chi connectivity index (χ3v) is 12.0. The average Bonchev–Trinajstić information content (AvgIpc) is 3.41. The van der Waals surface area contributed by atoms with Crippen molar-refractivity contribution in [1.29, 1.82) is 0 Å². The number of ether oxygens (including phenoxy) is 1. The van der Waals surface area contributed by atoms with Gasteiger partial charge in [-0.2, -0.15) is 5.10 Å². The Morgan fingerprint density at radius 2 is 1.62 bits per heavy atom. The molecule has 7 nitrogen and oxygen atoms in total. The largest absolute Gasteiger partial charge is 0.494 e. The number of allylic oxidation sites excluding steroid dienone is 2. The molecule has 1 fully saturated rings. The summed E-state index contributed by atoms with van der Waals surface area (Å²) >= 11 is 6.57. The zero-order valence-corrected chi connectivity index (χ0v) is 25.4. The molecule has 6 rings (SSSR count). The molecule has 3 aromatic carbocycles. The van der Waals surface area contributed by atoms with Gasteiger partial charge in [0.2, 0.25) is 0 Å². The van der Waals surface area contributed by atoms with Crippen molar-refractivity contribution in [2.24, 2.45) is 9.85 Å². The summed E-state index contributed by atoms with van der Waals surface area (Å²) in [5.74, 6) is 0.699. The molecule has 3 aliphatic heterocycles. The summed E-state index contributed by atoms with van der Waals surface area (Å²) in [4.78, 5) is 4.73. The zero-order chi connectivity index (χ0) is 28.1. The molecule has 208 valence electrons. The lowest BCUT2D eigenvalue weighted by atomic mass is 9.84. The number of piperazine rings is 1. The van der Waals surface area contributed by atoms with Crippen LogP contribution in [-0.4, -0.2) is 63.2 Å². The number of para-hydroxylation sites is 2. The van der Waals surface area contributed by atoms with Crippen molar-refractivity contribution < 1.29 is 4.74 Å². The molecule has 1 unspecified atom stereocenters. The maximum absolute atomic E-state index is 6.57. The van der Waals surface area contributed by atoms with Crippen LogP contribution in [0.15, 0.2) is 93.7 Å². The second-order valence-corrected chi connectivity index (χ2v) is 14.2. The molecule has 0 N–H and O–H groups in total. The monoisotopic (exact) mass is 574 g/mol. The van der Waals surface area contributed by atoms with Crippen LogP contribution < -0.4 is 14.4 Å². The molecule has 0 saturated carbocycles. The molecule has 0 aliphatic carbocycles. The Hall–Kier alpha value is -3.09. The molecule has 0 bridgehead atoms. The van der Waals surface area contributed by atoms with Gasteiger partial charge < -0.3 is 14.5 Å². The van der Waals surface area contributed by atoms with E-state index in [2.05, 4.69) is 102 Å². The summed E-state index contributed by atoms with van der Waals surface area (Å²) in [5.41, 5.74) is 5.27. The number of anilines is 2. The Labute approximate surface area is 242 Å². The zero-order valence-electron chi connectivity index (χ0n) is 23.8. The minimum absolute atomic E-state index is 0.245. The van der Waals surface area contributed by atoms with Gasteiger partial charge >= 0.3 is 0 Å². The first-order valence-corrected chi connectivity index (χ1v) is 15.7. The third kappa shape index (κ3) is 4.27. The van der Waals surface area contributed by atoms with Crippen LogP contribution in [0.25, 0.3) is 0 Å². The molecule has 0 spiro atoms. The van der Waals surface area contributed by atoms with Gasteiger partial charge in [0.05, 0.1) is 24.3 Å². The minimum atomic E-state index is -2.73. The van der Waals surface area contributed by atoms with Gasteiger partial charge in [-0.15, -0.1) is 0 Å². The summed E-state index contributed by atoms with van der Waals surface area (Å²) in [7, 11) is 3.32. The molecule has 1 saturated heterocycles. The highest BCUT2D eigenvalue weighted by Gasteiger charge is 2.50. The van der Waals surface area contributed by atoms with E-state index < -0.39 is 7.36 Å². The summed E-state index contributed by atoms with van der Waals surface area (Å²) in [5, 5.41) is 6.95. The van der Waals surface area contributed by atoms with Crippen molar-refractivity contribution in [1.82, 2.24) is 9.57 Å². The van der Waals surface area contributed by atoms with Gasteiger partial charge in [-0.25, -0.2) is 14.2 Å². The predicted octanol–water partition coefficient (Wildman–Crippen LogP) is 7.40. The van der Waals surface area contributed by atoms with Crippen molar-refractivity contribution in [3.05, 3.63) is 94.4 Å². The average molecular weight is 575 g/mol. The fourth-order valence-corrected chi connectivity index (χ4v) is 10.2. The van der Waals surface area contributed by atoms with Crippen LogP contribution in [-0.2, 0) is 5.41 Å². The SMILES string of the molecule is COc1ccc(Cl)cc1N=P1(N2CCN(C)CC2)/C(=C2\N(C)c3ccccc3C2(C)C)C=NN1c1ccccc1. The van der Waals surface area contributed by atoms with Crippen molar-refractivity contribution in [3.8, 4) is 5.75 Å². The van der Waals surface area contributed by atoms with Gasteiger partial charge in [0.25, 0.3) is 0 Å². The number of hydrogen-bond donors (Lipinski definition) is 0. The first-order chi connectivity index (χ1) is 19.3. The van der Waals surface area contributed by atoms with Gasteiger partial charge in [0.15, 0.2) is 7.36 Å². The quantitative estimate of drug-likeness (QED) is 0.304. The number of methoxy groups -OCH3 is 1. The van der Waals surface area contributed by atoms with E-state index in [0.717, 1.165) is 42.9 Å². The van der Waals surface area contributed by atoms with E-state index in [-0.39, 0.29) is 5.41 Å². The summed E-state index contributed by atoms with van der Waals surface area (Å²) in [6.45, 7) is 8.28. The van der Waals surface area contributed by atoms with Crippen LogP contribution in [0.3, 0.4) is 0 Å². The Morgan fingerprint density at radius 3 is 2.33 bits per heavy atom. The first-order valence-electron chi connectivity index (χ1n) is 13.7. The molecule has 9 heteroatoms. The van der Waals surface area contributed by atoms with E-state index in [0.29, 0.717) is 10.8 Å². The molecular weight excluding hydrogens is 539 g/mol. The highest BCUT2D eigenvalue weighted by Crippen LogP contribution is 2.71. The Kier molecular flexibility index (Phi) is 7.04. The maximum atomic E-state index is 6.57. The fourth-order valence-electron chi connectivity index (χ4n) is 6.20. The van der Waals surface area contributed by atoms with Gasteiger partial charge in [-0.05, 0) is 49.0 Å². The topological polar surface area (TPSA) is 46.9 Å². The second kappa shape index (κ2) is 10.4. The van der Waals surface area contributed by atoms with Crippen LogP contribution in [0.2, 0.25) is 5.02 Å². The van der Waals surface area contributed by atoms with Gasteiger partial charge in [0.1, 0.15) is 11.4 Å². The number of hydrogen-bond acceptors (Lipinski definition) is 5. The standard InChI is InChI=1S/C31H36ClN6OP/c1-31(2)25-13-9-10-14-27(25)36(4)30(31)29-22-33-38(24-11-7-6-8-12-24)40(29,37-19-17-35(3)18-20-37)34-26-21-23(32)15-16-28(26)39-5/h6-16,21-22H,17-20H2,1-5H3/b30-29-. The number of fused-ring (bicyclic) bond motifs is 1. The van der Waals surface area contributed by atoms with Crippen molar-refractivity contribution in [2.75, 3.05) is 57.1 Å². The number of nitrogens with zero attached hydrogens (tertiary/aromatic N) is 6. The molecule has 3 aliphatic rings. The lowest BCUT2D eigenvalue weighted by Crippen LogP contribution is -2.44. The van der Waals surface area contributed by atoms with Gasteiger partial charge in [-0.3, -0.25) is 0 Å². The first kappa shape index (κ1) is 27.1. The smallest absolute Gasteiger partial charge is 0.180 e. The highest BCUT2D eigenvalue weighted by molar-refractivity contribution is 7.71. The Morgan fingerprint density at radius 1 is 0.925 bits per heavy atom. The van der Waals surface area contributed by atoms with E-state index in [9.17, 15) is 0 Å². The second-order valence-electron chi connectivity index (χ2n) is 11.0. The van der Waals surface area contributed by atoms with Crippen molar-refractivity contribution >= 4 is 42.2 Å². The van der Waals surface area contributed by atoms with E-state index in [1.54, 1.807) is 7.11 Å². The fraction of sp³-hybridized carbons (Fsp3) is 0.323. The molecule has 3 heterocycles. The normalized spacial score (nSPS) is 24.4. The van der Waals surface area contributed by atoms with Gasteiger partial charge in [0, 0.05) is 55.0 Å². The summed E-state index contributed by atoms with van der Waals surface area (Å²) < 4.78 is 16.3. The summed E-state index contributed by atoms with van der Waals surface area (Å²) in [6, 6.07) is 24.8. The number of likely N-dealkylation sites (N-methyl/N-ethyl adjacent to an activating group) is 2. The van der Waals surface area contributed by atoms with Crippen molar-refractivity contribution in [3.63, 3.8) is 0 Å². The molecule has 0 aromatic heterocycles. The maximum Gasteiger partial charge on any atom is 0.180 e. The Balaban J connectivity index is 1.71. The van der Waals surface area contributed by atoms with E-state index in [1.807, 2.05) is 24.3 Å². The number of rotatable bonds is 4. The number of halogens is 1. The van der Waals surface area contributed by atoms with Crippen LogP contribution in [0.1, 0.15) is 19.4 Å². The lowest BCUT2D eigenvalue weighted by Gasteiger charge is -2.44. The predicted molar refractivity (Wildman–Crippen MR) is 168 cm³/mol. The minimum Gasteiger partial charge on any atom is -0.494 e. The van der Waals surface area contributed by atoms with E-state index in [4.69, 9.17) is 26.2 Å². The molecule has 0 radical (unpaired) electrons. The molecule has 0 amide bonds. The highest BCUT2D eigenvalue weighted by atomic mass is 35.5. The van der Waals surface area contributed by atoms with Crippen LogP contribution in [0.4, 0.5) is 17.1 Å². The number of benzene rings is 3. The third-order valence-electron chi connectivity index (χ3n) is 8.23. The molecule has 3 aromatic rings. The van der Waals surface area contributed by atoms with Crippen molar-refractivity contribution in [2.45, 2.75) is 19.3 Å².